The summed E-state index contributed by atoms with van der Waals surface area (Å²) in [4.78, 5) is 25.4. The Kier molecular flexibility index (Phi) is 4.60. The standard InChI is InChI=1S/C12H11ClN2O2/c1-3-9-6-4-5-7-10(9)11(13)15-12(17)14-8(2)16/h3-7H,1H2,2H3,(H,14,16,17)/b15-11-. The SMILES string of the molecule is C=Cc1ccccc1/C(Cl)=N/C(=O)NC(C)=O. The maximum atomic E-state index is 11.2. The molecule has 0 saturated heterocycles. The molecule has 0 aliphatic carbocycles. The second kappa shape index (κ2) is 5.96. The molecule has 0 aliphatic heterocycles. The fourth-order valence-electron chi connectivity index (χ4n) is 1.19. The van der Waals surface area contributed by atoms with Crippen molar-refractivity contribution in [3.05, 3.63) is 42.0 Å². The normalized spacial score (nSPS) is 10.8. The lowest BCUT2D eigenvalue weighted by Gasteiger charge is -2.03. The molecule has 5 heteroatoms. The minimum atomic E-state index is -0.790. The van der Waals surface area contributed by atoms with Crippen molar-refractivity contribution in [1.29, 1.82) is 0 Å². The Morgan fingerprint density at radius 1 is 1.41 bits per heavy atom. The highest BCUT2D eigenvalue weighted by Gasteiger charge is 2.07. The third kappa shape index (κ3) is 3.85. The van der Waals surface area contributed by atoms with Crippen LogP contribution in [0.5, 0.6) is 0 Å². The monoisotopic (exact) mass is 250 g/mol. The Morgan fingerprint density at radius 2 is 2.06 bits per heavy atom. The zero-order valence-corrected chi connectivity index (χ0v) is 9.99. The first-order chi connectivity index (χ1) is 8.04. The lowest BCUT2D eigenvalue weighted by atomic mass is 10.1. The van der Waals surface area contributed by atoms with E-state index < -0.39 is 11.9 Å². The molecule has 0 aromatic heterocycles. The van der Waals surface area contributed by atoms with E-state index in [1.54, 1.807) is 24.3 Å². The van der Waals surface area contributed by atoms with Crippen LogP contribution in [0.3, 0.4) is 0 Å². The number of nitrogens with zero attached hydrogens (tertiary/aromatic N) is 1. The van der Waals surface area contributed by atoms with E-state index in [2.05, 4.69) is 11.6 Å². The summed E-state index contributed by atoms with van der Waals surface area (Å²) in [7, 11) is 0. The van der Waals surface area contributed by atoms with Crippen molar-refractivity contribution >= 4 is 34.8 Å². The van der Waals surface area contributed by atoms with Crippen LogP contribution in [0.2, 0.25) is 0 Å². The summed E-state index contributed by atoms with van der Waals surface area (Å²) in [5.74, 6) is -0.486. The van der Waals surface area contributed by atoms with E-state index in [1.165, 1.54) is 6.92 Å². The second-order valence-corrected chi connectivity index (χ2v) is 3.54. The van der Waals surface area contributed by atoms with Crippen LogP contribution in [0.4, 0.5) is 4.79 Å². The van der Waals surface area contributed by atoms with Crippen molar-refractivity contribution in [2.24, 2.45) is 4.99 Å². The molecule has 1 N–H and O–H groups in total. The van der Waals surface area contributed by atoms with Gasteiger partial charge in [0, 0.05) is 12.5 Å². The molecule has 0 unspecified atom stereocenters. The number of nitrogens with one attached hydrogen (secondary N) is 1. The number of hydrogen-bond donors (Lipinski definition) is 1. The minimum Gasteiger partial charge on any atom is -0.276 e. The van der Waals surface area contributed by atoms with Gasteiger partial charge in [0.1, 0.15) is 5.17 Å². The Morgan fingerprint density at radius 3 is 2.65 bits per heavy atom. The summed E-state index contributed by atoms with van der Waals surface area (Å²) in [5, 5.41) is 2.02. The van der Waals surface area contributed by atoms with Gasteiger partial charge in [0.15, 0.2) is 0 Å². The number of aliphatic imine (C=N–C) groups is 1. The summed E-state index contributed by atoms with van der Waals surface area (Å²) >= 11 is 5.90. The fourth-order valence-corrected chi connectivity index (χ4v) is 1.44. The molecule has 3 amide bonds. The molecular formula is C12H11ClN2O2. The number of imide groups is 1. The van der Waals surface area contributed by atoms with Crippen molar-refractivity contribution in [3.8, 4) is 0 Å². The summed E-state index contributed by atoms with van der Waals surface area (Å²) in [5.41, 5.74) is 1.35. The molecule has 0 bridgehead atoms. The first-order valence-corrected chi connectivity index (χ1v) is 5.20. The molecule has 1 rings (SSSR count). The van der Waals surface area contributed by atoms with Crippen LogP contribution in [-0.4, -0.2) is 17.1 Å². The number of halogens is 1. The Bertz CT molecular complexity index is 495. The highest BCUT2D eigenvalue weighted by Crippen LogP contribution is 2.13. The zero-order chi connectivity index (χ0) is 12.8. The molecule has 4 nitrogen and oxygen atoms in total. The number of carbonyl (C=O) groups is 2. The van der Waals surface area contributed by atoms with Gasteiger partial charge in [-0.15, -0.1) is 0 Å². The lowest BCUT2D eigenvalue weighted by Crippen LogP contribution is -2.25. The van der Waals surface area contributed by atoms with Crippen molar-refractivity contribution in [1.82, 2.24) is 5.32 Å². The van der Waals surface area contributed by atoms with Crippen LogP contribution >= 0.6 is 11.6 Å². The summed E-state index contributed by atoms with van der Waals surface area (Å²) in [6.07, 6.45) is 1.61. The van der Waals surface area contributed by atoms with Crippen molar-refractivity contribution in [2.75, 3.05) is 0 Å². The van der Waals surface area contributed by atoms with Crippen molar-refractivity contribution in [2.45, 2.75) is 6.92 Å². The predicted octanol–water partition coefficient (Wildman–Crippen LogP) is 2.57. The summed E-state index contributed by atoms with van der Waals surface area (Å²) in [6, 6.07) is 6.30. The van der Waals surface area contributed by atoms with Crippen molar-refractivity contribution in [3.63, 3.8) is 0 Å². The average molecular weight is 251 g/mol. The maximum Gasteiger partial charge on any atom is 0.349 e. The molecule has 0 aliphatic rings. The van der Waals surface area contributed by atoms with Gasteiger partial charge in [-0.2, -0.15) is 4.99 Å². The second-order valence-electron chi connectivity index (χ2n) is 3.18. The van der Waals surface area contributed by atoms with Crippen LogP contribution in [0, 0.1) is 0 Å². The molecule has 0 atom stereocenters. The van der Waals surface area contributed by atoms with E-state index in [1.807, 2.05) is 11.4 Å². The molecule has 0 fully saturated rings. The van der Waals surface area contributed by atoms with Gasteiger partial charge in [-0.05, 0) is 5.56 Å². The van der Waals surface area contributed by atoms with Gasteiger partial charge in [0.25, 0.3) is 0 Å². The van der Waals surface area contributed by atoms with E-state index in [0.717, 1.165) is 5.56 Å². The predicted molar refractivity (Wildman–Crippen MR) is 68.1 cm³/mol. The van der Waals surface area contributed by atoms with E-state index >= 15 is 0 Å². The third-order valence-electron chi connectivity index (χ3n) is 1.89. The zero-order valence-electron chi connectivity index (χ0n) is 9.24. The smallest absolute Gasteiger partial charge is 0.276 e. The number of carbonyl (C=O) groups excluding carboxylic acids is 2. The van der Waals surface area contributed by atoms with E-state index in [9.17, 15) is 9.59 Å². The number of benzene rings is 1. The minimum absolute atomic E-state index is 0.0132. The molecular weight excluding hydrogens is 240 g/mol. The maximum absolute atomic E-state index is 11.2. The van der Waals surface area contributed by atoms with Gasteiger partial charge in [-0.1, -0.05) is 48.5 Å². The van der Waals surface area contributed by atoms with Crippen LogP contribution in [0.1, 0.15) is 18.1 Å². The van der Waals surface area contributed by atoms with E-state index in [4.69, 9.17) is 11.6 Å². The summed E-state index contributed by atoms with van der Waals surface area (Å²) < 4.78 is 0. The van der Waals surface area contributed by atoms with Crippen LogP contribution < -0.4 is 5.32 Å². The van der Waals surface area contributed by atoms with Crippen molar-refractivity contribution < 1.29 is 9.59 Å². The van der Waals surface area contributed by atoms with Gasteiger partial charge in [0.2, 0.25) is 5.91 Å². The molecule has 1 aromatic rings. The van der Waals surface area contributed by atoms with Gasteiger partial charge in [-0.3, -0.25) is 10.1 Å². The number of hydrogen-bond acceptors (Lipinski definition) is 2. The first kappa shape index (κ1) is 13.1. The van der Waals surface area contributed by atoms with E-state index in [-0.39, 0.29) is 5.17 Å². The molecule has 0 spiro atoms. The fraction of sp³-hybridized carbons (Fsp3) is 0.0833. The van der Waals surface area contributed by atoms with E-state index in [0.29, 0.717) is 5.56 Å². The Hall–Kier alpha value is -1.94. The number of amides is 3. The topological polar surface area (TPSA) is 58.5 Å². The average Bonchev–Trinajstić information content (AvgIpc) is 2.27. The number of urea groups is 1. The molecule has 88 valence electrons. The van der Waals surface area contributed by atoms with Gasteiger partial charge in [-0.25, -0.2) is 4.79 Å². The molecule has 1 aromatic carbocycles. The molecule has 17 heavy (non-hydrogen) atoms. The molecule has 0 heterocycles. The molecule has 0 radical (unpaired) electrons. The van der Waals surface area contributed by atoms with Gasteiger partial charge < -0.3 is 0 Å². The highest BCUT2D eigenvalue weighted by molar-refractivity contribution is 6.70. The van der Waals surface area contributed by atoms with Gasteiger partial charge >= 0.3 is 6.03 Å². The quantitative estimate of drug-likeness (QED) is 0.820. The highest BCUT2D eigenvalue weighted by atomic mass is 35.5. The Balaban J connectivity index is 2.99. The molecule has 0 saturated carbocycles. The van der Waals surface area contributed by atoms with Crippen LogP contribution in [-0.2, 0) is 4.79 Å². The van der Waals surface area contributed by atoms with Crippen LogP contribution in [0.25, 0.3) is 6.08 Å². The third-order valence-corrected chi connectivity index (χ3v) is 2.17. The first-order valence-electron chi connectivity index (χ1n) is 4.82. The number of rotatable bonds is 2. The van der Waals surface area contributed by atoms with Gasteiger partial charge in [0.05, 0.1) is 0 Å². The Labute approximate surface area is 104 Å². The summed E-state index contributed by atoms with van der Waals surface area (Å²) in [6.45, 7) is 4.85. The largest absolute Gasteiger partial charge is 0.349 e. The van der Waals surface area contributed by atoms with Crippen LogP contribution in [0.15, 0.2) is 35.8 Å². The lowest BCUT2D eigenvalue weighted by molar-refractivity contribution is -0.117.